The van der Waals surface area contributed by atoms with Gasteiger partial charge in [-0.25, -0.2) is 8.42 Å². The summed E-state index contributed by atoms with van der Waals surface area (Å²) in [4.78, 5) is 13.0. The number of methoxy groups -OCH3 is 1. The third kappa shape index (κ3) is 3.90. The predicted molar refractivity (Wildman–Crippen MR) is 119 cm³/mol. The number of hydrogen-bond acceptors (Lipinski definition) is 7. The molecule has 170 valence electrons. The number of sulfonamides is 1. The number of carbonyl (C=O) groups excluding carboxylic acids is 1. The van der Waals surface area contributed by atoms with Gasteiger partial charge in [0.1, 0.15) is 16.7 Å². The van der Waals surface area contributed by atoms with E-state index in [1.165, 1.54) is 23.9 Å². The lowest BCUT2D eigenvalue weighted by molar-refractivity contribution is 0.0782. The first-order chi connectivity index (χ1) is 15.7. The van der Waals surface area contributed by atoms with Crippen molar-refractivity contribution in [2.75, 3.05) is 13.8 Å². The van der Waals surface area contributed by atoms with Crippen molar-refractivity contribution >= 4 is 27.5 Å². The van der Waals surface area contributed by atoms with Crippen LogP contribution < -0.4 is 9.47 Å². The summed E-state index contributed by atoms with van der Waals surface area (Å²) >= 11 is 5.93. The minimum absolute atomic E-state index is 0.0608. The molecule has 4 rings (SSSR count). The fourth-order valence-electron chi connectivity index (χ4n) is 3.51. The Bertz CT molecular complexity index is 1390. The maximum Gasteiger partial charge on any atom is 0.272 e. The fourth-order valence-corrected chi connectivity index (χ4v) is 5.10. The van der Waals surface area contributed by atoms with Crippen LogP contribution in [0.2, 0.25) is 5.02 Å². The Morgan fingerprint density at radius 2 is 1.88 bits per heavy atom. The Hall–Kier alpha value is -3.55. The second-order valence-electron chi connectivity index (χ2n) is 7.54. The Kier molecular flexibility index (Phi) is 5.78. The van der Waals surface area contributed by atoms with Gasteiger partial charge in [-0.1, -0.05) is 25.4 Å². The number of hydrogen-bond donors (Lipinski definition) is 0. The van der Waals surface area contributed by atoms with E-state index in [2.05, 4.69) is 5.10 Å². The van der Waals surface area contributed by atoms with Crippen molar-refractivity contribution in [2.24, 2.45) is 0 Å². The number of aromatic nitrogens is 2. The quantitative estimate of drug-likeness (QED) is 0.521. The van der Waals surface area contributed by atoms with Crippen LogP contribution in [-0.4, -0.2) is 42.3 Å². The van der Waals surface area contributed by atoms with E-state index in [4.69, 9.17) is 21.1 Å². The zero-order valence-electron chi connectivity index (χ0n) is 17.9. The van der Waals surface area contributed by atoms with Gasteiger partial charge >= 0.3 is 0 Å². The molecule has 0 atom stereocenters. The van der Waals surface area contributed by atoms with Crippen molar-refractivity contribution in [1.29, 1.82) is 5.26 Å². The predicted octanol–water partition coefficient (Wildman–Crippen LogP) is 3.71. The molecule has 2 aromatic carbocycles. The fraction of sp³-hybridized carbons (Fsp3) is 0.227. The number of rotatable bonds is 6. The van der Waals surface area contributed by atoms with E-state index in [0.29, 0.717) is 26.3 Å². The van der Waals surface area contributed by atoms with Gasteiger partial charge in [0.2, 0.25) is 5.88 Å². The number of nitriles is 1. The normalized spacial score (nSPS) is 14.3. The second kappa shape index (κ2) is 8.42. The first kappa shape index (κ1) is 22.6. The smallest absolute Gasteiger partial charge is 0.272 e. The monoisotopic (exact) mass is 486 g/mol. The zero-order valence-corrected chi connectivity index (χ0v) is 19.5. The van der Waals surface area contributed by atoms with Crippen LogP contribution in [0.4, 0.5) is 0 Å². The SMILES string of the molecule is COc1cc(C(C)C)c2c(c1)S(=O)(=O)N(COc1cc(C#N)nn1-c1ccc(Cl)cc1)C2=O. The minimum Gasteiger partial charge on any atom is -0.497 e. The third-order valence-corrected chi connectivity index (χ3v) is 7.15. The molecule has 0 radical (unpaired) electrons. The molecule has 0 N–H and O–H groups in total. The lowest BCUT2D eigenvalue weighted by Gasteiger charge is -2.16. The second-order valence-corrected chi connectivity index (χ2v) is 9.81. The molecule has 3 aromatic rings. The highest BCUT2D eigenvalue weighted by Crippen LogP contribution is 2.38. The maximum atomic E-state index is 13.2. The molecule has 0 saturated carbocycles. The number of amides is 1. The van der Waals surface area contributed by atoms with Crippen LogP contribution in [0.15, 0.2) is 47.4 Å². The van der Waals surface area contributed by atoms with Gasteiger partial charge in [0, 0.05) is 17.2 Å². The van der Waals surface area contributed by atoms with E-state index in [0.717, 1.165) is 0 Å². The van der Waals surface area contributed by atoms with Crippen LogP contribution in [0.1, 0.15) is 41.4 Å². The molecule has 0 unspecified atom stereocenters. The van der Waals surface area contributed by atoms with Gasteiger partial charge in [-0.15, -0.1) is 0 Å². The van der Waals surface area contributed by atoms with Gasteiger partial charge in [0.15, 0.2) is 12.4 Å². The number of carbonyl (C=O) groups is 1. The minimum atomic E-state index is -4.17. The van der Waals surface area contributed by atoms with E-state index in [9.17, 15) is 18.5 Å². The zero-order chi connectivity index (χ0) is 23.9. The highest BCUT2D eigenvalue weighted by Gasteiger charge is 2.44. The average Bonchev–Trinajstić information content (AvgIpc) is 3.29. The Balaban J connectivity index is 1.69. The molecule has 2 heterocycles. The summed E-state index contributed by atoms with van der Waals surface area (Å²) in [6.45, 7) is 3.13. The molecule has 0 aliphatic carbocycles. The number of ether oxygens (including phenoxy) is 2. The Labute approximate surface area is 195 Å². The first-order valence-electron chi connectivity index (χ1n) is 9.85. The molecule has 11 heteroatoms. The van der Waals surface area contributed by atoms with Crippen molar-refractivity contribution < 1.29 is 22.7 Å². The number of benzene rings is 2. The molecule has 0 bridgehead atoms. The topological polar surface area (TPSA) is 115 Å². The number of nitrogens with zero attached hydrogens (tertiary/aromatic N) is 4. The molecule has 9 nitrogen and oxygen atoms in total. The lowest BCUT2D eigenvalue weighted by Crippen LogP contribution is -2.34. The van der Waals surface area contributed by atoms with Gasteiger partial charge in [0.05, 0.1) is 18.4 Å². The van der Waals surface area contributed by atoms with E-state index < -0.39 is 22.7 Å². The lowest BCUT2D eigenvalue weighted by atomic mass is 9.96. The van der Waals surface area contributed by atoms with Gasteiger partial charge in [-0.3, -0.25) is 4.79 Å². The Morgan fingerprint density at radius 1 is 1.18 bits per heavy atom. The molecule has 0 spiro atoms. The summed E-state index contributed by atoms with van der Waals surface area (Å²) in [7, 11) is -2.74. The van der Waals surface area contributed by atoms with Crippen LogP contribution in [0.25, 0.3) is 5.69 Å². The molecular weight excluding hydrogens is 468 g/mol. The molecule has 33 heavy (non-hydrogen) atoms. The summed E-state index contributed by atoms with van der Waals surface area (Å²) in [6.07, 6.45) is 0. The van der Waals surface area contributed by atoms with Crippen LogP contribution in [-0.2, 0) is 10.0 Å². The molecule has 0 saturated heterocycles. The van der Waals surface area contributed by atoms with Gasteiger partial charge in [-0.05, 0) is 41.8 Å². The van der Waals surface area contributed by atoms with Crippen molar-refractivity contribution in [3.63, 3.8) is 0 Å². The highest BCUT2D eigenvalue weighted by atomic mass is 35.5. The standard InChI is InChI=1S/C22H19ClN4O5S/c1-13(2)18-9-17(31-3)10-19-21(18)22(28)26(33(19,29)30)12-32-20-8-15(11-24)25-27(20)16-6-4-14(23)5-7-16/h4-10,13H,12H2,1-3H3. The first-order valence-corrected chi connectivity index (χ1v) is 11.7. The van der Waals surface area contributed by atoms with E-state index in [-0.39, 0.29) is 28.0 Å². The summed E-state index contributed by atoms with van der Waals surface area (Å²) in [5, 5.41) is 13.9. The summed E-state index contributed by atoms with van der Waals surface area (Å²) in [5.41, 5.74) is 1.28. The van der Waals surface area contributed by atoms with Crippen LogP contribution in [0.3, 0.4) is 0 Å². The van der Waals surface area contributed by atoms with Crippen molar-refractivity contribution in [1.82, 2.24) is 14.1 Å². The summed E-state index contributed by atoms with van der Waals surface area (Å²) in [6, 6.07) is 12.9. The molecule has 1 aromatic heterocycles. The van der Waals surface area contributed by atoms with Crippen molar-refractivity contribution in [3.05, 3.63) is 64.3 Å². The maximum absolute atomic E-state index is 13.2. The molecule has 1 aliphatic rings. The molecule has 0 fully saturated rings. The van der Waals surface area contributed by atoms with E-state index in [1.54, 1.807) is 30.3 Å². The highest BCUT2D eigenvalue weighted by molar-refractivity contribution is 7.90. The number of halogens is 1. The van der Waals surface area contributed by atoms with E-state index in [1.807, 2.05) is 19.9 Å². The summed E-state index contributed by atoms with van der Waals surface area (Å²) in [5.74, 6) is -0.363. The van der Waals surface area contributed by atoms with Gasteiger partial charge in [0.25, 0.3) is 15.9 Å². The van der Waals surface area contributed by atoms with Crippen LogP contribution >= 0.6 is 11.6 Å². The van der Waals surface area contributed by atoms with E-state index >= 15 is 0 Å². The van der Waals surface area contributed by atoms with Crippen LogP contribution in [0.5, 0.6) is 11.6 Å². The molecule has 1 aliphatic heterocycles. The average molecular weight is 487 g/mol. The number of fused-ring (bicyclic) bond motifs is 1. The molecule has 1 amide bonds. The molecular formula is C22H19ClN4O5S. The van der Waals surface area contributed by atoms with Crippen LogP contribution in [0, 0.1) is 11.3 Å². The third-order valence-electron chi connectivity index (χ3n) is 5.16. The summed E-state index contributed by atoms with van der Waals surface area (Å²) < 4.78 is 39.3. The van der Waals surface area contributed by atoms with Gasteiger partial charge in [-0.2, -0.15) is 19.3 Å². The van der Waals surface area contributed by atoms with Crippen molar-refractivity contribution in [2.45, 2.75) is 24.7 Å². The Morgan fingerprint density at radius 3 is 2.48 bits per heavy atom. The largest absolute Gasteiger partial charge is 0.497 e. The van der Waals surface area contributed by atoms with Crippen molar-refractivity contribution in [3.8, 4) is 23.4 Å². The van der Waals surface area contributed by atoms with Gasteiger partial charge < -0.3 is 9.47 Å².